The molecule has 13 heteroatoms. The molecule has 1 fully saturated rings. The lowest BCUT2D eigenvalue weighted by Gasteiger charge is -2.51. The Morgan fingerprint density at radius 2 is 1.78 bits per heavy atom. The van der Waals surface area contributed by atoms with Gasteiger partial charge in [-0.2, -0.15) is 0 Å². The second kappa shape index (κ2) is 16.8. The summed E-state index contributed by atoms with van der Waals surface area (Å²) in [5, 5.41) is 49.2. The third-order valence-electron chi connectivity index (χ3n) is 15.7. The number of aliphatic hydroxyl groups is 2. The molecule has 0 radical (unpaired) electrons. The number of pyridine rings is 2. The number of fused-ring (bicyclic) bond motifs is 9. The molecular weight excluding hydrogens is 825 g/mol. The van der Waals surface area contributed by atoms with Crippen LogP contribution >= 0.6 is 0 Å². The van der Waals surface area contributed by atoms with Crippen LogP contribution in [0.25, 0.3) is 11.0 Å². The second-order valence-corrected chi connectivity index (χ2v) is 19.0. The van der Waals surface area contributed by atoms with Crippen molar-refractivity contribution in [3.8, 4) is 17.2 Å². The Morgan fingerprint density at radius 3 is 2.54 bits per heavy atom. The fourth-order valence-electron chi connectivity index (χ4n) is 12.7. The lowest BCUT2D eigenvalue weighted by molar-refractivity contribution is -0.169. The third-order valence-corrected chi connectivity index (χ3v) is 15.7. The maximum atomic E-state index is 14.7. The number of aromatic nitrogens is 2. The van der Waals surface area contributed by atoms with Crippen molar-refractivity contribution in [1.29, 1.82) is 0 Å². The van der Waals surface area contributed by atoms with Gasteiger partial charge >= 0.3 is 5.97 Å². The largest absolute Gasteiger partial charge is 0.508 e. The van der Waals surface area contributed by atoms with E-state index in [9.17, 15) is 30.0 Å². The van der Waals surface area contributed by atoms with Crippen LogP contribution in [0.3, 0.4) is 0 Å². The summed E-state index contributed by atoms with van der Waals surface area (Å²) in [6.45, 7) is 5.65. The van der Waals surface area contributed by atoms with E-state index in [4.69, 9.17) is 29.6 Å². The first kappa shape index (κ1) is 43.0. The van der Waals surface area contributed by atoms with Crippen LogP contribution in [0.2, 0.25) is 0 Å². The van der Waals surface area contributed by atoms with Crippen molar-refractivity contribution in [1.82, 2.24) is 9.97 Å². The minimum Gasteiger partial charge on any atom is -0.508 e. The number of nitrogens with one attached hydrogen (secondary N) is 1. The summed E-state index contributed by atoms with van der Waals surface area (Å²) in [6.07, 6.45) is 11.5. The van der Waals surface area contributed by atoms with E-state index in [0.717, 1.165) is 65.7 Å². The minimum absolute atomic E-state index is 0.00111. The molecule has 4 bridgehead atoms. The predicted octanol–water partition coefficient (Wildman–Crippen LogP) is 7.62. The van der Waals surface area contributed by atoms with Gasteiger partial charge in [0.05, 0.1) is 6.61 Å². The molecular formula is C52H58N4O9. The van der Waals surface area contributed by atoms with Gasteiger partial charge in [-0.3, -0.25) is 4.79 Å². The minimum atomic E-state index is -1.28. The molecule has 7 N–H and O–H groups in total. The highest BCUT2D eigenvalue weighted by Gasteiger charge is 2.57. The second-order valence-electron chi connectivity index (χ2n) is 19.0. The molecule has 1 saturated carbocycles. The summed E-state index contributed by atoms with van der Waals surface area (Å²) in [6, 6.07) is 10.5. The van der Waals surface area contributed by atoms with Crippen LogP contribution < -0.4 is 21.2 Å². The molecule has 5 heterocycles. The molecule has 65 heavy (non-hydrogen) atoms. The van der Waals surface area contributed by atoms with Gasteiger partial charge < -0.3 is 45.4 Å². The summed E-state index contributed by atoms with van der Waals surface area (Å²) >= 11 is 0. The van der Waals surface area contributed by atoms with E-state index in [2.05, 4.69) is 11.4 Å². The number of esters is 1. The number of hydrogen-bond donors (Lipinski definition) is 6. The average Bonchev–Trinajstić information content (AvgIpc) is 3.76. The van der Waals surface area contributed by atoms with E-state index >= 15 is 0 Å². The van der Waals surface area contributed by atoms with Crippen LogP contribution in [0.5, 0.6) is 17.2 Å². The number of rotatable bonds is 7. The number of hydrogen-bond acceptors (Lipinski definition) is 13. The smallest absolute Gasteiger partial charge is 0.334 e. The van der Waals surface area contributed by atoms with Crippen LogP contribution in [-0.2, 0) is 41.8 Å². The number of carbonyl (C=O) groups excluding carboxylic acids is 1. The third kappa shape index (κ3) is 7.04. The molecule has 3 aliphatic carbocycles. The molecule has 2 aliphatic heterocycles. The van der Waals surface area contributed by atoms with Gasteiger partial charge in [-0.25, -0.2) is 14.8 Å². The maximum Gasteiger partial charge on any atom is 0.334 e. The Hall–Kier alpha value is -5.92. The fourth-order valence-corrected chi connectivity index (χ4v) is 12.7. The topological polar surface area (TPSA) is 210 Å². The quantitative estimate of drug-likeness (QED) is 0.0688. The molecule has 0 saturated heterocycles. The molecule has 10 rings (SSSR count). The van der Waals surface area contributed by atoms with E-state index < -0.39 is 48.2 Å². The zero-order valence-corrected chi connectivity index (χ0v) is 37.2. The number of carbonyl (C=O) groups is 1. The van der Waals surface area contributed by atoms with Crippen molar-refractivity contribution in [2.24, 2.45) is 17.8 Å². The number of phenols is 2. The standard InChI is InChI=1S/C52H58N4O9/c1-4-32(26-8-6-7-9-26)51(62)64-41-22-37-47(61)45-40(60)21-31(24-57)63-49(45)46-43-35-16-17-55-50(53)44(35)34(15-11-27-10-13-30(59)20-36(27)38(43)25-58)33-14-12-28-19-42(54-5-2)56-23-29(28)18-39(33)52(41,3)65-48(37)46/h4,10,13,16-17,19-21,23,26,33-34,38-39,41,43,57-59,61H,5-9,11-12,14-15,18,22,24-25H2,1-3H3,(H2,53,55)(H,54,56)/b32-4-/t33-,34+,38-,39+,41-,43+,52+/m1/s1. The fraction of sp³-hybridized carbons (Fsp3) is 0.462. The number of allylic oxidation sites excluding steroid dienone is 1. The van der Waals surface area contributed by atoms with Crippen molar-refractivity contribution in [3.63, 3.8) is 0 Å². The molecule has 0 unspecified atom stereocenters. The van der Waals surface area contributed by atoms with E-state index in [-0.39, 0.29) is 69.6 Å². The number of anilines is 2. The first-order valence-electron chi connectivity index (χ1n) is 23.4. The number of aliphatic hydroxyl groups excluding tert-OH is 2. The number of ether oxygens (including phenoxy) is 2. The molecule has 5 aliphatic rings. The Balaban J connectivity index is 1.32. The zero-order valence-electron chi connectivity index (χ0n) is 37.2. The van der Waals surface area contributed by atoms with Crippen molar-refractivity contribution in [2.75, 3.05) is 24.2 Å². The molecule has 5 aromatic rings. The normalized spacial score (nSPS) is 26.0. The highest BCUT2D eigenvalue weighted by molar-refractivity contribution is 5.92. The van der Waals surface area contributed by atoms with Crippen LogP contribution in [0.4, 0.5) is 11.6 Å². The summed E-state index contributed by atoms with van der Waals surface area (Å²) in [7, 11) is 0. The Kier molecular flexibility index (Phi) is 11.1. The number of nitrogens with zero attached hydrogens (tertiary/aromatic N) is 2. The number of aryl methyl sites for hydroxylation is 2. The van der Waals surface area contributed by atoms with Gasteiger partial charge in [0, 0.05) is 71.4 Å². The number of aromatic hydroxyl groups is 2. The van der Waals surface area contributed by atoms with E-state index in [1.54, 1.807) is 18.3 Å². The van der Waals surface area contributed by atoms with Gasteiger partial charge in [-0.05, 0) is 136 Å². The lowest BCUT2D eigenvalue weighted by Crippen LogP contribution is -2.59. The molecule has 7 atom stereocenters. The number of phenolic OH excluding ortho intramolecular Hbond substituents is 2. The van der Waals surface area contributed by atoms with Gasteiger partial charge in [0.2, 0.25) is 0 Å². The van der Waals surface area contributed by atoms with Crippen molar-refractivity contribution in [2.45, 2.75) is 121 Å². The molecule has 0 spiro atoms. The number of benzene rings is 2. The first-order chi connectivity index (χ1) is 31.5. The Morgan fingerprint density at radius 1 is 0.985 bits per heavy atom. The highest BCUT2D eigenvalue weighted by Crippen LogP contribution is 2.60. The van der Waals surface area contributed by atoms with Gasteiger partial charge in [0.1, 0.15) is 63.9 Å². The summed E-state index contributed by atoms with van der Waals surface area (Å²) in [4.78, 5) is 38.6. The van der Waals surface area contributed by atoms with Crippen molar-refractivity contribution < 1.29 is 39.1 Å². The molecule has 2 aromatic carbocycles. The summed E-state index contributed by atoms with van der Waals surface area (Å²) in [5.41, 5.74) is 12.0. The van der Waals surface area contributed by atoms with Gasteiger partial charge in [0.15, 0.2) is 5.43 Å². The Labute approximate surface area is 377 Å². The van der Waals surface area contributed by atoms with E-state index in [1.807, 2.05) is 45.2 Å². The van der Waals surface area contributed by atoms with E-state index in [1.165, 1.54) is 6.07 Å². The van der Waals surface area contributed by atoms with Crippen LogP contribution in [0, 0.1) is 17.8 Å². The number of nitrogen functional groups attached to an aromatic ring is 1. The maximum absolute atomic E-state index is 14.7. The summed E-state index contributed by atoms with van der Waals surface area (Å²) in [5.74, 6) is -1.73. The lowest BCUT2D eigenvalue weighted by atomic mass is 9.62. The Bertz CT molecular complexity index is 2800. The molecule has 13 nitrogen and oxygen atoms in total. The monoisotopic (exact) mass is 882 g/mol. The van der Waals surface area contributed by atoms with Gasteiger partial charge in [0.25, 0.3) is 0 Å². The van der Waals surface area contributed by atoms with Crippen LogP contribution in [0.15, 0.2) is 69.7 Å². The highest BCUT2D eigenvalue weighted by atomic mass is 16.6. The van der Waals surface area contributed by atoms with Crippen LogP contribution in [-0.4, -0.2) is 61.2 Å². The van der Waals surface area contributed by atoms with Crippen molar-refractivity contribution in [3.05, 3.63) is 121 Å². The van der Waals surface area contributed by atoms with E-state index in [0.29, 0.717) is 54.7 Å². The zero-order chi connectivity index (χ0) is 45.3. The average molecular weight is 883 g/mol. The summed E-state index contributed by atoms with van der Waals surface area (Å²) < 4.78 is 21.0. The van der Waals surface area contributed by atoms with Crippen molar-refractivity contribution >= 4 is 28.6 Å². The number of nitrogens with two attached hydrogens (primary N) is 1. The molecule has 340 valence electrons. The van der Waals surface area contributed by atoms with Gasteiger partial charge in [-0.1, -0.05) is 25.0 Å². The predicted molar refractivity (Wildman–Crippen MR) is 245 cm³/mol. The van der Waals surface area contributed by atoms with Crippen LogP contribution in [0.1, 0.15) is 127 Å². The first-order valence-corrected chi connectivity index (χ1v) is 23.4. The molecule has 0 amide bonds. The van der Waals surface area contributed by atoms with Gasteiger partial charge in [-0.15, -0.1) is 0 Å². The molecule has 3 aromatic heterocycles. The SMILES string of the molecule is C/C=C(\C(=O)O[C@@H]1Cc2c3c(c4oc(CO)cc(=O)c4c2O)[C@H]2c4ccnc(N)c4[C@@H](CCc4ccc(O)cc4[C@H]2CO)[C@H]2CCc4cc(NCC)ncc4C[C@@H]2[C@]1(C)O3)C1CCCC1.